The summed E-state index contributed by atoms with van der Waals surface area (Å²) in [6.45, 7) is 1.82. The lowest BCUT2D eigenvalue weighted by Crippen LogP contribution is -2.67. The Bertz CT molecular complexity index is 590. The van der Waals surface area contributed by atoms with Gasteiger partial charge in [0.2, 0.25) is 0 Å². The van der Waals surface area contributed by atoms with Crippen LogP contribution in [-0.2, 0) is 0 Å². The molecule has 1 aliphatic heterocycles. The van der Waals surface area contributed by atoms with Gasteiger partial charge in [0.1, 0.15) is 6.17 Å². The van der Waals surface area contributed by atoms with Gasteiger partial charge >= 0.3 is 11.7 Å². The Morgan fingerprint density at radius 2 is 2.29 bits per heavy atom. The van der Waals surface area contributed by atoms with Gasteiger partial charge in [0.05, 0.1) is 17.2 Å². The zero-order valence-corrected chi connectivity index (χ0v) is 11.0. The summed E-state index contributed by atoms with van der Waals surface area (Å²) in [7, 11) is 0. The number of benzene rings is 1. The number of amides is 2. The third-order valence-corrected chi connectivity index (χ3v) is 2.82. The first-order valence-electron chi connectivity index (χ1n) is 6.05. The molecule has 0 spiro atoms. The summed E-state index contributed by atoms with van der Waals surface area (Å²) in [5.74, 6) is -0.409. The minimum atomic E-state index is -0.681. The van der Waals surface area contributed by atoms with Crippen molar-refractivity contribution in [2.45, 2.75) is 19.1 Å². The van der Waals surface area contributed by atoms with Crippen molar-refractivity contribution in [3.8, 4) is 5.75 Å². The molecule has 5 N–H and O–H groups in total. The van der Waals surface area contributed by atoms with Crippen LogP contribution in [0, 0.1) is 10.1 Å². The second-order valence-corrected chi connectivity index (χ2v) is 4.40. The lowest BCUT2D eigenvalue weighted by atomic mass is 10.2. The zero-order chi connectivity index (χ0) is 15.4. The van der Waals surface area contributed by atoms with Gasteiger partial charge in [-0.2, -0.15) is 5.10 Å². The Morgan fingerprint density at radius 1 is 1.52 bits per heavy atom. The number of phenols is 1. The number of nitrogens with zero attached hydrogens (tertiary/aromatic N) is 2. The van der Waals surface area contributed by atoms with Crippen molar-refractivity contribution in [3.63, 3.8) is 0 Å². The first-order chi connectivity index (χ1) is 9.97. The summed E-state index contributed by atoms with van der Waals surface area (Å²) in [4.78, 5) is 21.1. The van der Waals surface area contributed by atoms with E-state index in [1.165, 1.54) is 24.4 Å². The summed E-state index contributed by atoms with van der Waals surface area (Å²) in [6.07, 6.45) is 0.926. The molecule has 21 heavy (non-hydrogen) atoms. The number of carbonyl (C=O) groups excluding carboxylic acids is 1. The normalized spacial score (nSPS) is 21.7. The molecule has 10 nitrogen and oxygen atoms in total. The van der Waals surface area contributed by atoms with Gasteiger partial charge in [-0.1, -0.05) is 0 Å². The maximum Gasteiger partial charge on any atom is 0.330 e. The molecular formula is C11H14N6O4. The molecule has 0 aromatic heterocycles. The first-order valence-corrected chi connectivity index (χ1v) is 6.05. The second kappa shape index (κ2) is 6.05. The summed E-state index contributed by atoms with van der Waals surface area (Å²) in [5.41, 5.74) is 7.90. The molecule has 10 heteroatoms. The van der Waals surface area contributed by atoms with E-state index >= 15 is 0 Å². The van der Waals surface area contributed by atoms with Gasteiger partial charge in [0, 0.05) is 11.6 Å². The molecular weight excluding hydrogens is 280 g/mol. The molecule has 0 bridgehead atoms. The Balaban J connectivity index is 2.02. The molecule has 1 aromatic carbocycles. The van der Waals surface area contributed by atoms with E-state index in [4.69, 9.17) is 0 Å². The van der Waals surface area contributed by atoms with Crippen LogP contribution in [0.2, 0.25) is 0 Å². The molecule has 1 heterocycles. The number of hydrogen-bond acceptors (Lipinski definition) is 7. The predicted molar refractivity (Wildman–Crippen MR) is 73.5 cm³/mol. The molecule has 2 unspecified atom stereocenters. The number of rotatable bonds is 4. The van der Waals surface area contributed by atoms with Crippen molar-refractivity contribution in [1.82, 2.24) is 21.6 Å². The largest absolute Gasteiger partial charge is 0.502 e. The highest BCUT2D eigenvalue weighted by atomic mass is 16.6. The molecule has 1 fully saturated rings. The fourth-order valence-electron chi connectivity index (χ4n) is 1.67. The molecule has 0 radical (unpaired) electrons. The summed E-state index contributed by atoms with van der Waals surface area (Å²) in [6, 6.07) is 3.39. The van der Waals surface area contributed by atoms with Gasteiger partial charge in [0.15, 0.2) is 5.75 Å². The zero-order valence-electron chi connectivity index (χ0n) is 11.0. The van der Waals surface area contributed by atoms with Crippen LogP contribution in [0.5, 0.6) is 5.75 Å². The number of hydrogen-bond donors (Lipinski definition) is 5. The molecule has 112 valence electrons. The summed E-state index contributed by atoms with van der Waals surface area (Å²) in [5, 5.41) is 26.6. The first kappa shape index (κ1) is 14.5. The minimum absolute atomic E-state index is 0.117. The van der Waals surface area contributed by atoms with Crippen LogP contribution in [-0.4, -0.2) is 34.5 Å². The van der Waals surface area contributed by atoms with Crippen molar-refractivity contribution in [2.24, 2.45) is 5.10 Å². The van der Waals surface area contributed by atoms with E-state index in [0.29, 0.717) is 5.56 Å². The smallest absolute Gasteiger partial charge is 0.330 e. The maximum atomic E-state index is 11.1. The second-order valence-electron chi connectivity index (χ2n) is 4.40. The van der Waals surface area contributed by atoms with Crippen LogP contribution in [0.25, 0.3) is 0 Å². The van der Waals surface area contributed by atoms with Gasteiger partial charge in [-0.3, -0.25) is 21.0 Å². The molecule has 1 aliphatic rings. The van der Waals surface area contributed by atoms with E-state index in [2.05, 4.69) is 26.7 Å². The van der Waals surface area contributed by atoms with Gasteiger partial charge < -0.3 is 10.4 Å². The van der Waals surface area contributed by atoms with Crippen molar-refractivity contribution in [2.75, 3.05) is 0 Å². The fourth-order valence-corrected chi connectivity index (χ4v) is 1.67. The average molecular weight is 294 g/mol. The number of aromatic hydroxyl groups is 1. The molecule has 1 aromatic rings. The SMILES string of the molecule is CC1NNC(=O)NC1N/N=C/c1ccc(O)c([N+](=O)[O-])c1. The highest BCUT2D eigenvalue weighted by Crippen LogP contribution is 2.25. The maximum absolute atomic E-state index is 11.1. The minimum Gasteiger partial charge on any atom is -0.502 e. The van der Waals surface area contributed by atoms with Crippen LogP contribution in [0.15, 0.2) is 23.3 Å². The third-order valence-electron chi connectivity index (χ3n) is 2.82. The van der Waals surface area contributed by atoms with E-state index < -0.39 is 22.5 Å². The van der Waals surface area contributed by atoms with E-state index in [9.17, 15) is 20.0 Å². The molecule has 1 saturated heterocycles. The monoisotopic (exact) mass is 294 g/mol. The number of carbonyl (C=O) groups is 1. The highest BCUT2D eigenvalue weighted by Gasteiger charge is 2.23. The van der Waals surface area contributed by atoms with Crippen LogP contribution in [0.3, 0.4) is 0 Å². The number of nitro benzene ring substituents is 1. The van der Waals surface area contributed by atoms with Crippen molar-refractivity contribution in [3.05, 3.63) is 33.9 Å². The Hall–Kier alpha value is -2.88. The number of phenolic OH excluding ortho intramolecular Hbond substituents is 1. The quantitative estimate of drug-likeness (QED) is 0.295. The fraction of sp³-hybridized carbons (Fsp3) is 0.273. The predicted octanol–water partition coefficient (Wildman–Crippen LogP) is -0.244. The van der Waals surface area contributed by atoms with E-state index in [1.807, 2.05) is 6.92 Å². The van der Waals surface area contributed by atoms with Crippen molar-refractivity contribution >= 4 is 17.9 Å². The topological polar surface area (TPSA) is 141 Å². The van der Waals surface area contributed by atoms with E-state index in [1.54, 1.807) is 0 Å². The number of nitrogens with one attached hydrogen (secondary N) is 4. The van der Waals surface area contributed by atoms with Gasteiger partial charge in [-0.15, -0.1) is 0 Å². The van der Waals surface area contributed by atoms with Crippen LogP contribution in [0.4, 0.5) is 10.5 Å². The van der Waals surface area contributed by atoms with E-state index in [0.717, 1.165) is 0 Å². The van der Waals surface area contributed by atoms with Crippen LogP contribution >= 0.6 is 0 Å². The number of urea groups is 1. The van der Waals surface area contributed by atoms with Crippen LogP contribution in [0.1, 0.15) is 12.5 Å². The van der Waals surface area contributed by atoms with Crippen molar-refractivity contribution in [1.29, 1.82) is 0 Å². The molecule has 0 saturated carbocycles. The standard InChI is InChI=1S/C11H14N6O4/c1-6-10(13-11(19)16-14-6)15-12-5-7-2-3-9(18)8(4-7)17(20)21/h2-6,10,14-15,18H,1H3,(H2,13,16,19)/b12-5+. The third kappa shape index (κ3) is 3.57. The summed E-state index contributed by atoms with van der Waals surface area (Å²) >= 11 is 0. The average Bonchev–Trinajstić information content (AvgIpc) is 2.44. The highest BCUT2D eigenvalue weighted by molar-refractivity contribution is 5.81. The summed E-state index contributed by atoms with van der Waals surface area (Å²) < 4.78 is 0. The number of nitro groups is 1. The molecule has 2 amide bonds. The number of hydrazone groups is 1. The van der Waals surface area contributed by atoms with Crippen LogP contribution < -0.4 is 21.6 Å². The van der Waals surface area contributed by atoms with Gasteiger partial charge in [-0.25, -0.2) is 10.2 Å². The molecule has 0 aliphatic carbocycles. The van der Waals surface area contributed by atoms with Crippen molar-refractivity contribution < 1.29 is 14.8 Å². The van der Waals surface area contributed by atoms with E-state index in [-0.39, 0.29) is 12.1 Å². The van der Waals surface area contributed by atoms with Gasteiger partial charge in [-0.05, 0) is 19.1 Å². The Morgan fingerprint density at radius 3 is 3.00 bits per heavy atom. The Labute approximate surface area is 119 Å². The number of hydrazine groups is 1. The lowest BCUT2D eigenvalue weighted by Gasteiger charge is -2.30. The lowest BCUT2D eigenvalue weighted by molar-refractivity contribution is -0.385. The molecule has 2 atom stereocenters. The molecule has 2 rings (SSSR count). The van der Waals surface area contributed by atoms with Gasteiger partial charge in [0.25, 0.3) is 0 Å². The Kier molecular flexibility index (Phi) is 4.18.